The SMILES string of the molecule is CCCCCCCCCCCCNC(CC([NH-])=O)C(=O)OCCCN(CC)CC.[Na+]. The number of hydrogen-bond donors (Lipinski definition) is 1. The van der Waals surface area contributed by atoms with E-state index < -0.39 is 17.9 Å². The third-order valence-corrected chi connectivity index (χ3v) is 5.35. The summed E-state index contributed by atoms with van der Waals surface area (Å²) in [6.07, 6.45) is 13.3. The topological polar surface area (TPSA) is 82.4 Å². The summed E-state index contributed by atoms with van der Waals surface area (Å²) in [6, 6.07) is -0.688. The van der Waals surface area contributed by atoms with Gasteiger partial charge in [0.2, 0.25) is 0 Å². The van der Waals surface area contributed by atoms with E-state index in [0.717, 1.165) is 38.9 Å². The average Bonchev–Trinajstić information content (AvgIpc) is 2.70. The third kappa shape index (κ3) is 19.8. The fraction of sp³-hybridized carbons (Fsp3) is 0.913. The van der Waals surface area contributed by atoms with Gasteiger partial charge < -0.3 is 25.5 Å². The van der Waals surface area contributed by atoms with Crippen LogP contribution >= 0.6 is 0 Å². The van der Waals surface area contributed by atoms with Crippen LogP contribution in [-0.4, -0.2) is 55.6 Å². The van der Waals surface area contributed by atoms with Gasteiger partial charge in [-0.3, -0.25) is 4.79 Å². The summed E-state index contributed by atoms with van der Waals surface area (Å²) in [5.41, 5.74) is 7.18. The van der Waals surface area contributed by atoms with Crippen LogP contribution in [0.15, 0.2) is 0 Å². The molecule has 30 heavy (non-hydrogen) atoms. The van der Waals surface area contributed by atoms with Crippen LogP contribution in [-0.2, 0) is 14.3 Å². The fourth-order valence-electron chi connectivity index (χ4n) is 3.41. The summed E-state index contributed by atoms with van der Waals surface area (Å²) in [5.74, 6) is -1.14. The van der Waals surface area contributed by atoms with Crippen LogP contribution < -0.4 is 34.9 Å². The zero-order chi connectivity index (χ0) is 21.7. The number of carbonyl (C=O) groups excluding carboxylic acids is 2. The molecule has 0 fully saturated rings. The summed E-state index contributed by atoms with van der Waals surface area (Å²) in [6.45, 7) is 10.4. The molecule has 0 saturated carbocycles. The minimum Gasteiger partial charge on any atom is -0.668 e. The molecular weight excluding hydrogens is 389 g/mol. The van der Waals surface area contributed by atoms with E-state index in [-0.39, 0.29) is 36.0 Å². The van der Waals surface area contributed by atoms with E-state index in [1.54, 1.807) is 0 Å². The van der Waals surface area contributed by atoms with Gasteiger partial charge in [-0.2, -0.15) is 0 Å². The molecule has 7 heteroatoms. The molecule has 0 aromatic heterocycles. The van der Waals surface area contributed by atoms with E-state index in [4.69, 9.17) is 10.5 Å². The predicted octanol–water partition coefficient (Wildman–Crippen LogP) is 2.11. The first-order valence-electron chi connectivity index (χ1n) is 11.9. The number of nitrogens with zero attached hydrogens (tertiary/aromatic N) is 1. The fourth-order valence-corrected chi connectivity index (χ4v) is 3.41. The van der Waals surface area contributed by atoms with Gasteiger partial charge in [0.15, 0.2) is 0 Å². The van der Waals surface area contributed by atoms with Crippen molar-refractivity contribution in [1.82, 2.24) is 10.2 Å². The first-order valence-corrected chi connectivity index (χ1v) is 11.9. The second-order valence-electron chi connectivity index (χ2n) is 7.86. The molecule has 0 aliphatic heterocycles. The van der Waals surface area contributed by atoms with Crippen molar-refractivity contribution in [1.29, 1.82) is 0 Å². The smallest absolute Gasteiger partial charge is 0.668 e. The Balaban J connectivity index is 0. The molecule has 0 heterocycles. The van der Waals surface area contributed by atoms with E-state index in [0.29, 0.717) is 13.2 Å². The van der Waals surface area contributed by atoms with Crippen LogP contribution in [0.1, 0.15) is 97.8 Å². The zero-order valence-corrected chi connectivity index (χ0v) is 22.3. The number of unbranched alkanes of at least 4 members (excludes halogenated alkanes) is 9. The van der Waals surface area contributed by atoms with Gasteiger partial charge in [-0.15, -0.1) is 0 Å². The van der Waals surface area contributed by atoms with Gasteiger partial charge in [0.25, 0.3) is 0 Å². The predicted molar refractivity (Wildman–Crippen MR) is 121 cm³/mol. The first-order chi connectivity index (χ1) is 14.0. The number of carbonyl (C=O) groups is 2. The van der Waals surface area contributed by atoms with Gasteiger partial charge in [0.05, 0.1) is 12.5 Å². The number of amides is 1. The van der Waals surface area contributed by atoms with Crippen LogP contribution in [0.4, 0.5) is 0 Å². The Kier molecular flexibility index (Phi) is 25.1. The van der Waals surface area contributed by atoms with E-state index >= 15 is 0 Å². The standard InChI is InChI=1S/C23H47N3O3.Na/c1-4-7-8-9-10-11-12-13-14-15-17-25-21(20-22(24)27)23(28)29-19-16-18-26(5-2)6-3;/h21,25H,4-20H2,1-3H3,(H2,24,27);/q;+1/p-1. The largest absolute Gasteiger partial charge is 1.00 e. The van der Waals surface area contributed by atoms with Crippen LogP contribution in [0, 0.1) is 0 Å². The van der Waals surface area contributed by atoms with Crippen molar-refractivity contribution in [3.05, 3.63) is 5.73 Å². The van der Waals surface area contributed by atoms with Gasteiger partial charge >= 0.3 is 35.5 Å². The minimum absolute atomic E-state index is 0. The Morgan fingerprint density at radius 3 is 1.90 bits per heavy atom. The Hall–Kier alpha value is -0.140. The normalized spacial score (nSPS) is 11.9. The van der Waals surface area contributed by atoms with Gasteiger partial charge in [-0.05, 0) is 32.5 Å². The molecular formula is C23H46N3NaO3. The molecule has 6 nitrogen and oxygen atoms in total. The van der Waals surface area contributed by atoms with E-state index in [2.05, 4.69) is 31.0 Å². The summed E-state index contributed by atoms with van der Waals surface area (Å²) in [7, 11) is 0. The molecule has 0 aliphatic carbocycles. The number of nitrogens with one attached hydrogen (secondary N) is 2. The maximum Gasteiger partial charge on any atom is 1.00 e. The number of esters is 1. The molecule has 172 valence electrons. The molecule has 1 amide bonds. The molecule has 0 saturated heterocycles. The van der Waals surface area contributed by atoms with E-state index in [9.17, 15) is 9.59 Å². The second kappa shape index (κ2) is 23.5. The van der Waals surface area contributed by atoms with Crippen LogP contribution in [0.3, 0.4) is 0 Å². The van der Waals surface area contributed by atoms with Crippen molar-refractivity contribution < 1.29 is 43.9 Å². The van der Waals surface area contributed by atoms with Gasteiger partial charge in [-0.1, -0.05) is 78.6 Å². The van der Waals surface area contributed by atoms with E-state index in [1.807, 2.05) is 0 Å². The van der Waals surface area contributed by atoms with Crippen molar-refractivity contribution in [2.75, 3.05) is 32.8 Å². The summed E-state index contributed by atoms with van der Waals surface area (Å²) >= 11 is 0. The molecule has 1 unspecified atom stereocenters. The number of ether oxygens (including phenoxy) is 1. The molecule has 0 radical (unpaired) electrons. The molecule has 0 aliphatic rings. The van der Waals surface area contributed by atoms with Crippen LogP contribution in [0.2, 0.25) is 0 Å². The zero-order valence-electron chi connectivity index (χ0n) is 20.3. The van der Waals surface area contributed by atoms with Crippen LogP contribution in [0.5, 0.6) is 0 Å². The molecule has 0 aromatic carbocycles. The first kappa shape index (κ1) is 32.0. The summed E-state index contributed by atoms with van der Waals surface area (Å²) in [5, 5.41) is 3.12. The third-order valence-electron chi connectivity index (χ3n) is 5.35. The Labute approximate surface area is 207 Å². The van der Waals surface area contributed by atoms with E-state index in [1.165, 1.54) is 51.4 Å². The molecule has 1 atom stereocenters. The quantitative estimate of drug-likeness (QED) is 0.170. The second-order valence-corrected chi connectivity index (χ2v) is 7.86. The Bertz CT molecular complexity index is 407. The van der Waals surface area contributed by atoms with Gasteiger partial charge in [0, 0.05) is 13.0 Å². The molecule has 0 spiro atoms. The van der Waals surface area contributed by atoms with Gasteiger partial charge in [-0.25, -0.2) is 0 Å². The molecule has 0 bridgehead atoms. The van der Waals surface area contributed by atoms with Crippen molar-refractivity contribution in [2.45, 2.75) is 104 Å². The average molecular weight is 436 g/mol. The molecule has 2 N–H and O–H groups in total. The van der Waals surface area contributed by atoms with Crippen molar-refractivity contribution in [3.8, 4) is 0 Å². The molecule has 0 aromatic rings. The monoisotopic (exact) mass is 435 g/mol. The minimum atomic E-state index is -0.731. The number of hydrogen-bond acceptors (Lipinski definition) is 5. The van der Waals surface area contributed by atoms with Crippen molar-refractivity contribution in [2.24, 2.45) is 0 Å². The maximum absolute atomic E-state index is 12.2. The molecule has 0 rings (SSSR count). The Morgan fingerprint density at radius 1 is 0.867 bits per heavy atom. The maximum atomic E-state index is 12.2. The summed E-state index contributed by atoms with van der Waals surface area (Å²) < 4.78 is 5.33. The number of rotatable bonds is 21. The van der Waals surface area contributed by atoms with Gasteiger partial charge in [0.1, 0.15) is 6.04 Å². The van der Waals surface area contributed by atoms with Crippen molar-refractivity contribution >= 4 is 11.9 Å². The summed E-state index contributed by atoms with van der Waals surface area (Å²) in [4.78, 5) is 25.7. The van der Waals surface area contributed by atoms with Crippen LogP contribution in [0.25, 0.3) is 5.73 Å². The van der Waals surface area contributed by atoms with Crippen molar-refractivity contribution in [3.63, 3.8) is 0 Å². The Morgan fingerprint density at radius 2 is 1.40 bits per heavy atom.